The molecule has 0 spiro atoms. The molecule has 0 aliphatic carbocycles. The average Bonchev–Trinajstić information content (AvgIpc) is 3.05. The van der Waals surface area contributed by atoms with Gasteiger partial charge in [0.15, 0.2) is 0 Å². The fourth-order valence-corrected chi connectivity index (χ4v) is 3.65. The maximum absolute atomic E-state index is 12.9. The second kappa shape index (κ2) is 9.54. The van der Waals surface area contributed by atoms with Gasteiger partial charge in [-0.1, -0.05) is 19.9 Å². The molecule has 1 N–H and O–H groups in total. The standard InChI is InChI=1S/C23H27N3O4/c1-4-25(5-2)14-15-26-20(18-8-6-7-13-24-18)19(22(28)23(26)29)21(27)16-9-11-17(30-3)12-10-16/h6-13,20,27H,4-5,14-15H2,1-3H3/b21-19+/t20-/m1/s1. The molecule has 0 saturated carbocycles. The summed E-state index contributed by atoms with van der Waals surface area (Å²) in [7, 11) is 1.55. The van der Waals surface area contributed by atoms with Crippen LogP contribution in [0.1, 0.15) is 31.1 Å². The number of amides is 1. The van der Waals surface area contributed by atoms with Crippen molar-refractivity contribution in [3.05, 3.63) is 65.5 Å². The number of carbonyl (C=O) groups excluding carboxylic acids is 2. The molecule has 1 aliphatic heterocycles. The van der Waals surface area contributed by atoms with Crippen LogP contribution in [0.4, 0.5) is 0 Å². The molecule has 0 unspecified atom stereocenters. The van der Waals surface area contributed by atoms with E-state index >= 15 is 0 Å². The smallest absolute Gasteiger partial charge is 0.295 e. The Morgan fingerprint density at radius 3 is 2.40 bits per heavy atom. The summed E-state index contributed by atoms with van der Waals surface area (Å²) in [6.45, 7) is 6.80. The maximum atomic E-state index is 12.9. The molecule has 2 heterocycles. The van der Waals surface area contributed by atoms with Gasteiger partial charge in [-0.05, 0) is 49.5 Å². The van der Waals surface area contributed by atoms with Crippen molar-refractivity contribution < 1.29 is 19.4 Å². The molecule has 1 amide bonds. The second-order valence-electron chi connectivity index (χ2n) is 7.00. The fraction of sp³-hybridized carbons (Fsp3) is 0.348. The molecular formula is C23H27N3O4. The molecule has 1 saturated heterocycles. The lowest BCUT2D eigenvalue weighted by molar-refractivity contribution is -0.140. The number of carbonyl (C=O) groups is 2. The number of likely N-dealkylation sites (N-methyl/N-ethyl adjacent to an activating group) is 1. The number of pyridine rings is 1. The number of ether oxygens (including phenoxy) is 1. The number of benzene rings is 1. The van der Waals surface area contributed by atoms with Crippen LogP contribution in [0.5, 0.6) is 5.75 Å². The van der Waals surface area contributed by atoms with Gasteiger partial charge in [0.2, 0.25) is 0 Å². The summed E-state index contributed by atoms with van der Waals surface area (Å²) in [5.74, 6) is -0.893. The number of aliphatic hydroxyl groups is 1. The highest BCUT2D eigenvalue weighted by molar-refractivity contribution is 6.46. The van der Waals surface area contributed by atoms with Gasteiger partial charge in [0, 0.05) is 24.8 Å². The van der Waals surface area contributed by atoms with E-state index in [2.05, 4.69) is 23.7 Å². The minimum Gasteiger partial charge on any atom is -0.507 e. The molecule has 1 aromatic carbocycles. The Labute approximate surface area is 176 Å². The first-order chi connectivity index (χ1) is 14.5. The van der Waals surface area contributed by atoms with E-state index < -0.39 is 17.7 Å². The quantitative estimate of drug-likeness (QED) is 0.410. The van der Waals surface area contributed by atoms with E-state index in [-0.39, 0.29) is 11.3 Å². The van der Waals surface area contributed by atoms with Crippen molar-refractivity contribution in [3.63, 3.8) is 0 Å². The van der Waals surface area contributed by atoms with Crippen LogP contribution >= 0.6 is 0 Å². The lowest BCUT2D eigenvalue weighted by Crippen LogP contribution is -2.38. The third kappa shape index (κ3) is 4.21. The van der Waals surface area contributed by atoms with Crippen LogP contribution in [0.2, 0.25) is 0 Å². The van der Waals surface area contributed by atoms with Crippen molar-refractivity contribution in [2.75, 3.05) is 33.3 Å². The van der Waals surface area contributed by atoms with Crippen molar-refractivity contribution in [2.24, 2.45) is 0 Å². The molecule has 158 valence electrons. The second-order valence-corrected chi connectivity index (χ2v) is 7.00. The van der Waals surface area contributed by atoms with E-state index in [4.69, 9.17) is 4.74 Å². The summed E-state index contributed by atoms with van der Waals surface area (Å²) >= 11 is 0. The number of aromatic nitrogens is 1. The van der Waals surface area contributed by atoms with E-state index in [0.29, 0.717) is 30.1 Å². The first kappa shape index (κ1) is 21.5. The minimum absolute atomic E-state index is 0.0587. The number of hydrogen-bond acceptors (Lipinski definition) is 6. The number of ketones is 1. The van der Waals surface area contributed by atoms with Gasteiger partial charge in [-0.15, -0.1) is 0 Å². The number of methoxy groups -OCH3 is 1. The number of hydrogen-bond donors (Lipinski definition) is 1. The zero-order valence-corrected chi connectivity index (χ0v) is 17.5. The summed E-state index contributed by atoms with van der Waals surface area (Å²) in [4.78, 5) is 33.9. The van der Waals surface area contributed by atoms with Gasteiger partial charge in [0.05, 0.1) is 18.4 Å². The lowest BCUT2D eigenvalue weighted by atomic mass is 9.98. The van der Waals surface area contributed by atoms with Gasteiger partial charge in [-0.3, -0.25) is 14.6 Å². The van der Waals surface area contributed by atoms with Crippen LogP contribution in [0.15, 0.2) is 54.2 Å². The average molecular weight is 409 g/mol. The van der Waals surface area contributed by atoms with Gasteiger partial charge < -0.3 is 19.6 Å². The number of nitrogens with zero attached hydrogens (tertiary/aromatic N) is 3. The topological polar surface area (TPSA) is 83.0 Å². The predicted octanol–water partition coefficient (Wildman–Crippen LogP) is 2.85. The van der Waals surface area contributed by atoms with Crippen LogP contribution < -0.4 is 4.74 Å². The highest BCUT2D eigenvalue weighted by Crippen LogP contribution is 2.38. The molecule has 1 aromatic heterocycles. The molecule has 1 fully saturated rings. The van der Waals surface area contributed by atoms with Crippen LogP contribution in [0, 0.1) is 0 Å². The summed E-state index contributed by atoms with van der Waals surface area (Å²) < 4.78 is 5.15. The van der Waals surface area contributed by atoms with E-state index in [1.54, 1.807) is 55.8 Å². The monoisotopic (exact) mass is 409 g/mol. The van der Waals surface area contributed by atoms with Crippen LogP contribution in [-0.2, 0) is 9.59 Å². The fourth-order valence-electron chi connectivity index (χ4n) is 3.65. The van der Waals surface area contributed by atoms with E-state index in [1.807, 2.05) is 0 Å². The first-order valence-corrected chi connectivity index (χ1v) is 10.1. The van der Waals surface area contributed by atoms with Gasteiger partial charge in [-0.2, -0.15) is 0 Å². The Morgan fingerprint density at radius 1 is 1.13 bits per heavy atom. The molecule has 2 aromatic rings. The van der Waals surface area contributed by atoms with Gasteiger partial charge in [0.25, 0.3) is 11.7 Å². The zero-order valence-electron chi connectivity index (χ0n) is 17.5. The number of aliphatic hydroxyl groups excluding tert-OH is 1. The summed E-state index contributed by atoms with van der Waals surface area (Å²) in [6.07, 6.45) is 1.62. The maximum Gasteiger partial charge on any atom is 0.295 e. The number of Topliss-reactive ketones (excluding diaryl/α,β-unsaturated/α-hetero) is 1. The molecule has 3 rings (SSSR count). The van der Waals surface area contributed by atoms with E-state index in [0.717, 1.165) is 13.1 Å². The van der Waals surface area contributed by atoms with Crippen molar-refractivity contribution in [1.29, 1.82) is 0 Å². The van der Waals surface area contributed by atoms with Crippen molar-refractivity contribution in [2.45, 2.75) is 19.9 Å². The summed E-state index contributed by atoms with van der Waals surface area (Å²) in [5.41, 5.74) is 1.05. The van der Waals surface area contributed by atoms with E-state index in [1.165, 1.54) is 4.90 Å². The van der Waals surface area contributed by atoms with Gasteiger partial charge in [-0.25, -0.2) is 0 Å². The molecular weight excluding hydrogens is 382 g/mol. The Balaban J connectivity index is 2.05. The minimum atomic E-state index is -0.733. The Hall–Kier alpha value is -3.19. The van der Waals surface area contributed by atoms with E-state index in [9.17, 15) is 14.7 Å². The Bertz CT molecular complexity index is 921. The number of likely N-dealkylation sites (tertiary alicyclic amines) is 1. The van der Waals surface area contributed by atoms with Gasteiger partial charge in [0.1, 0.15) is 17.6 Å². The van der Waals surface area contributed by atoms with Crippen molar-refractivity contribution >= 4 is 17.4 Å². The summed E-state index contributed by atoms with van der Waals surface area (Å²) in [5, 5.41) is 11.0. The molecule has 0 radical (unpaired) electrons. The normalized spacial score (nSPS) is 18.3. The highest BCUT2D eigenvalue weighted by atomic mass is 16.5. The number of rotatable bonds is 8. The predicted molar refractivity (Wildman–Crippen MR) is 114 cm³/mol. The molecule has 0 bridgehead atoms. The molecule has 30 heavy (non-hydrogen) atoms. The Morgan fingerprint density at radius 2 is 1.83 bits per heavy atom. The molecule has 1 atom stereocenters. The Kier molecular flexibility index (Phi) is 6.84. The SMILES string of the molecule is CCN(CC)CCN1C(=O)C(=O)/C(=C(/O)c2ccc(OC)cc2)[C@H]1c1ccccn1. The first-order valence-electron chi connectivity index (χ1n) is 10.1. The van der Waals surface area contributed by atoms with Gasteiger partial charge >= 0.3 is 0 Å². The third-order valence-electron chi connectivity index (χ3n) is 5.42. The third-order valence-corrected chi connectivity index (χ3v) is 5.42. The lowest BCUT2D eigenvalue weighted by Gasteiger charge is -2.27. The van der Waals surface area contributed by atoms with Crippen molar-refractivity contribution in [3.8, 4) is 5.75 Å². The summed E-state index contributed by atoms with van der Waals surface area (Å²) in [6, 6.07) is 11.3. The van der Waals surface area contributed by atoms with Crippen LogP contribution in [0.3, 0.4) is 0 Å². The molecule has 7 nitrogen and oxygen atoms in total. The molecule has 7 heteroatoms. The largest absolute Gasteiger partial charge is 0.507 e. The zero-order chi connectivity index (χ0) is 21.7. The van der Waals surface area contributed by atoms with Crippen LogP contribution in [-0.4, -0.2) is 64.9 Å². The van der Waals surface area contributed by atoms with Crippen LogP contribution in [0.25, 0.3) is 5.76 Å². The van der Waals surface area contributed by atoms with Crippen molar-refractivity contribution in [1.82, 2.24) is 14.8 Å². The molecule has 1 aliphatic rings. The highest BCUT2D eigenvalue weighted by Gasteiger charge is 2.46.